The van der Waals surface area contributed by atoms with E-state index in [1.165, 1.54) is 0 Å². The number of primary amides is 1. The smallest absolute Gasteiger partial charge is 0.248 e. The van der Waals surface area contributed by atoms with Crippen LogP contribution in [0.1, 0.15) is 48.1 Å². The molecule has 2 aliphatic rings. The Balaban J connectivity index is 1.46. The van der Waals surface area contributed by atoms with Crippen LogP contribution in [0.15, 0.2) is 42.5 Å². The Morgan fingerprint density at radius 3 is 2.53 bits per heavy atom. The van der Waals surface area contributed by atoms with Gasteiger partial charge in [-0.15, -0.1) is 0 Å². The number of ether oxygens (including phenoxy) is 2. The Hall–Kier alpha value is -3.06. The van der Waals surface area contributed by atoms with Crippen molar-refractivity contribution in [2.24, 2.45) is 5.73 Å². The van der Waals surface area contributed by atoms with Crippen LogP contribution in [0, 0.1) is 0 Å². The summed E-state index contributed by atoms with van der Waals surface area (Å²) in [5.74, 6) is 0.994. The lowest BCUT2D eigenvalue weighted by atomic mass is 10.0. The largest absolute Gasteiger partial charge is 0.490 e. The number of nitrogens with two attached hydrogens (primary N) is 1. The van der Waals surface area contributed by atoms with E-state index in [0.717, 1.165) is 42.9 Å². The molecule has 0 aromatic heterocycles. The average molecular weight is 409 g/mol. The number of benzene rings is 2. The van der Waals surface area contributed by atoms with Gasteiger partial charge in [0.15, 0.2) is 11.5 Å². The van der Waals surface area contributed by atoms with Crippen molar-refractivity contribution in [2.75, 3.05) is 25.1 Å². The number of hydrogen-bond donors (Lipinski definition) is 2. The first-order chi connectivity index (χ1) is 14.5. The van der Waals surface area contributed by atoms with E-state index in [4.69, 9.17) is 15.2 Å². The van der Waals surface area contributed by atoms with E-state index in [2.05, 4.69) is 22.3 Å². The molecule has 0 unspecified atom stereocenters. The van der Waals surface area contributed by atoms with Crippen LogP contribution in [0.4, 0.5) is 5.69 Å². The first-order valence-electron chi connectivity index (χ1n) is 10.4. The number of nitrogens with one attached hydrogen (secondary N) is 1. The van der Waals surface area contributed by atoms with Crippen LogP contribution in [0.25, 0.3) is 0 Å². The number of anilines is 1. The average Bonchev–Trinajstić information content (AvgIpc) is 3.12. The number of carbonyl (C=O) groups excluding carboxylic acids is 2. The van der Waals surface area contributed by atoms with Gasteiger partial charge >= 0.3 is 0 Å². The van der Waals surface area contributed by atoms with E-state index in [1.807, 2.05) is 13.0 Å². The van der Waals surface area contributed by atoms with Crippen molar-refractivity contribution < 1.29 is 19.1 Å². The quantitative estimate of drug-likeness (QED) is 0.791. The molecule has 2 aliphatic heterocycles. The predicted molar refractivity (Wildman–Crippen MR) is 114 cm³/mol. The van der Waals surface area contributed by atoms with Crippen molar-refractivity contribution in [3.05, 3.63) is 53.6 Å². The Morgan fingerprint density at radius 2 is 1.80 bits per heavy atom. The fourth-order valence-corrected chi connectivity index (χ4v) is 4.11. The highest BCUT2D eigenvalue weighted by molar-refractivity contribution is 5.96. The molecule has 2 aromatic rings. The molecule has 0 spiro atoms. The zero-order valence-electron chi connectivity index (χ0n) is 17.1. The zero-order chi connectivity index (χ0) is 21.1. The van der Waals surface area contributed by atoms with Gasteiger partial charge in [-0.3, -0.25) is 14.5 Å². The molecule has 2 aromatic carbocycles. The number of fused-ring (bicyclic) bond motifs is 1. The second kappa shape index (κ2) is 8.75. The summed E-state index contributed by atoms with van der Waals surface area (Å²) in [7, 11) is 0. The fraction of sp³-hybridized carbons (Fsp3) is 0.391. The summed E-state index contributed by atoms with van der Waals surface area (Å²) in [6, 6.07) is 12.5. The molecule has 2 atom stereocenters. The van der Waals surface area contributed by atoms with Crippen molar-refractivity contribution >= 4 is 17.5 Å². The maximum Gasteiger partial charge on any atom is 0.248 e. The van der Waals surface area contributed by atoms with Gasteiger partial charge in [0.1, 0.15) is 0 Å². The first-order valence-corrected chi connectivity index (χ1v) is 10.4. The molecule has 1 saturated heterocycles. The Morgan fingerprint density at radius 1 is 1.07 bits per heavy atom. The van der Waals surface area contributed by atoms with Crippen molar-refractivity contribution in [1.29, 1.82) is 0 Å². The monoisotopic (exact) mass is 409 g/mol. The van der Waals surface area contributed by atoms with Gasteiger partial charge in [0, 0.05) is 23.7 Å². The van der Waals surface area contributed by atoms with Crippen molar-refractivity contribution in [3.63, 3.8) is 0 Å². The Kier molecular flexibility index (Phi) is 5.90. The predicted octanol–water partition coefficient (Wildman–Crippen LogP) is 3.11. The highest BCUT2D eigenvalue weighted by Crippen LogP contribution is 2.38. The van der Waals surface area contributed by atoms with Crippen LogP contribution in [-0.4, -0.2) is 42.5 Å². The summed E-state index contributed by atoms with van der Waals surface area (Å²) in [6.45, 7) is 4.10. The summed E-state index contributed by atoms with van der Waals surface area (Å²) in [4.78, 5) is 26.3. The van der Waals surface area contributed by atoms with Crippen molar-refractivity contribution in [1.82, 2.24) is 4.90 Å². The van der Waals surface area contributed by atoms with E-state index in [9.17, 15) is 9.59 Å². The molecule has 0 saturated carbocycles. The van der Waals surface area contributed by atoms with E-state index >= 15 is 0 Å². The first kappa shape index (κ1) is 20.2. The normalized spacial score (nSPS) is 19.7. The van der Waals surface area contributed by atoms with E-state index in [1.54, 1.807) is 24.3 Å². The van der Waals surface area contributed by atoms with Crippen LogP contribution < -0.4 is 20.5 Å². The number of amides is 2. The SMILES string of the molecule is C[C@@H](C(=O)Nc1ccc(C(N)=O)cc1)N1CCC[C@@H]1c1ccc2c(c1)OCCCO2. The van der Waals surface area contributed by atoms with E-state index in [-0.39, 0.29) is 18.0 Å². The molecule has 4 rings (SSSR count). The summed E-state index contributed by atoms with van der Waals surface area (Å²) >= 11 is 0. The van der Waals surface area contributed by atoms with Gasteiger partial charge in [-0.25, -0.2) is 0 Å². The molecular formula is C23H27N3O4. The standard InChI is InChI=1S/C23H27N3O4/c1-15(23(28)25-18-8-5-16(6-9-18)22(24)27)26-11-2-4-19(26)17-7-10-20-21(14-17)30-13-3-12-29-20/h5-10,14-15,19H,2-4,11-13H2,1H3,(H2,24,27)(H,25,28)/t15-,19+/m0/s1. The lowest BCUT2D eigenvalue weighted by Crippen LogP contribution is -2.41. The van der Waals surface area contributed by atoms with Gasteiger partial charge < -0.3 is 20.5 Å². The summed E-state index contributed by atoms with van der Waals surface area (Å²) in [6.07, 6.45) is 2.89. The minimum atomic E-state index is -0.490. The molecular weight excluding hydrogens is 382 g/mol. The van der Waals surface area contributed by atoms with Gasteiger partial charge in [-0.05, 0) is 68.3 Å². The molecule has 2 heterocycles. The molecule has 1 fully saturated rings. The van der Waals surface area contributed by atoms with Gasteiger partial charge in [0.25, 0.3) is 0 Å². The maximum atomic E-state index is 12.9. The molecule has 2 amide bonds. The van der Waals surface area contributed by atoms with Crippen LogP contribution >= 0.6 is 0 Å². The van der Waals surface area contributed by atoms with Gasteiger partial charge in [0.05, 0.1) is 19.3 Å². The van der Waals surface area contributed by atoms with Crippen molar-refractivity contribution in [2.45, 2.75) is 38.3 Å². The molecule has 0 radical (unpaired) electrons. The second-order valence-electron chi connectivity index (χ2n) is 7.76. The summed E-state index contributed by atoms with van der Waals surface area (Å²) in [5.41, 5.74) is 7.46. The third-order valence-corrected chi connectivity index (χ3v) is 5.76. The lowest BCUT2D eigenvalue weighted by molar-refractivity contribution is -0.121. The topological polar surface area (TPSA) is 93.9 Å². The number of carbonyl (C=O) groups is 2. The second-order valence-corrected chi connectivity index (χ2v) is 7.76. The lowest BCUT2D eigenvalue weighted by Gasteiger charge is -2.30. The number of rotatable bonds is 5. The highest BCUT2D eigenvalue weighted by Gasteiger charge is 2.33. The number of hydrogen-bond acceptors (Lipinski definition) is 5. The molecule has 0 aliphatic carbocycles. The molecule has 0 bridgehead atoms. The molecule has 30 heavy (non-hydrogen) atoms. The molecule has 7 heteroatoms. The van der Waals surface area contributed by atoms with Gasteiger partial charge in [-0.1, -0.05) is 6.07 Å². The highest BCUT2D eigenvalue weighted by atomic mass is 16.5. The van der Waals surface area contributed by atoms with Crippen LogP contribution in [0.3, 0.4) is 0 Å². The Bertz CT molecular complexity index is 929. The minimum absolute atomic E-state index is 0.0805. The van der Waals surface area contributed by atoms with Crippen molar-refractivity contribution in [3.8, 4) is 11.5 Å². The summed E-state index contributed by atoms with van der Waals surface area (Å²) in [5, 5.41) is 2.94. The van der Waals surface area contributed by atoms with E-state index in [0.29, 0.717) is 24.5 Å². The van der Waals surface area contributed by atoms with Gasteiger partial charge in [-0.2, -0.15) is 0 Å². The number of likely N-dealkylation sites (tertiary alicyclic amines) is 1. The third kappa shape index (κ3) is 4.26. The fourth-order valence-electron chi connectivity index (χ4n) is 4.11. The number of nitrogens with zero attached hydrogens (tertiary/aromatic N) is 1. The zero-order valence-corrected chi connectivity index (χ0v) is 17.1. The molecule has 3 N–H and O–H groups in total. The van der Waals surface area contributed by atoms with Gasteiger partial charge in [0.2, 0.25) is 11.8 Å². The van der Waals surface area contributed by atoms with Crippen LogP contribution in [-0.2, 0) is 4.79 Å². The maximum absolute atomic E-state index is 12.9. The summed E-state index contributed by atoms with van der Waals surface area (Å²) < 4.78 is 11.6. The van der Waals surface area contributed by atoms with E-state index < -0.39 is 5.91 Å². The molecule has 158 valence electrons. The Labute approximate surface area is 176 Å². The van der Waals surface area contributed by atoms with Crippen LogP contribution in [0.2, 0.25) is 0 Å². The van der Waals surface area contributed by atoms with Crippen LogP contribution in [0.5, 0.6) is 11.5 Å². The third-order valence-electron chi connectivity index (χ3n) is 5.76. The minimum Gasteiger partial charge on any atom is -0.490 e. The molecule has 7 nitrogen and oxygen atoms in total.